The third-order valence-corrected chi connectivity index (χ3v) is 6.50. The summed E-state index contributed by atoms with van der Waals surface area (Å²) in [5.41, 5.74) is 3.38. The van der Waals surface area contributed by atoms with Gasteiger partial charge in [-0.2, -0.15) is 16.9 Å². The molecule has 1 aromatic carbocycles. The van der Waals surface area contributed by atoms with Crippen LogP contribution in [0.4, 0.5) is 16.3 Å². The second-order valence-electron chi connectivity index (χ2n) is 8.34. The summed E-state index contributed by atoms with van der Waals surface area (Å²) in [7, 11) is 1.84. The number of aliphatic hydroxyl groups excluding tert-OH is 1. The van der Waals surface area contributed by atoms with E-state index >= 15 is 0 Å². The minimum absolute atomic E-state index is 0.139. The molecule has 0 spiro atoms. The van der Waals surface area contributed by atoms with E-state index in [-0.39, 0.29) is 18.7 Å². The molecule has 186 valence electrons. The van der Waals surface area contributed by atoms with E-state index in [2.05, 4.69) is 27.6 Å². The Morgan fingerprint density at radius 3 is 2.83 bits per heavy atom. The molecule has 2 amide bonds. The van der Waals surface area contributed by atoms with Crippen LogP contribution >= 0.6 is 11.8 Å². The second kappa shape index (κ2) is 12.0. The smallest absolute Gasteiger partial charge is 0.319 e. The number of aliphatic hydroxyl groups is 1. The summed E-state index contributed by atoms with van der Waals surface area (Å²) in [6.07, 6.45) is 3.58. The van der Waals surface area contributed by atoms with Gasteiger partial charge < -0.3 is 25.4 Å². The molecule has 11 heteroatoms. The van der Waals surface area contributed by atoms with Gasteiger partial charge in [-0.1, -0.05) is 0 Å². The Bertz CT molecular complexity index is 1120. The summed E-state index contributed by atoms with van der Waals surface area (Å²) >= 11 is 1.64. The summed E-state index contributed by atoms with van der Waals surface area (Å²) < 4.78 is 7.28. The maximum atomic E-state index is 12.3. The van der Waals surface area contributed by atoms with E-state index in [9.17, 15) is 4.79 Å². The van der Waals surface area contributed by atoms with Crippen LogP contribution in [0.1, 0.15) is 18.2 Å². The average molecular weight is 498 g/mol. The maximum absolute atomic E-state index is 12.3. The highest BCUT2D eigenvalue weighted by Gasteiger charge is 2.22. The van der Waals surface area contributed by atoms with Crippen molar-refractivity contribution < 1.29 is 14.6 Å². The van der Waals surface area contributed by atoms with E-state index in [0.29, 0.717) is 42.8 Å². The maximum Gasteiger partial charge on any atom is 0.319 e. The van der Waals surface area contributed by atoms with Gasteiger partial charge in [-0.05, 0) is 31.2 Å². The summed E-state index contributed by atoms with van der Waals surface area (Å²) in [4.78, 5) is 24.1. The number of urea groups is 1. The lowest BCUT2D eigenvalue weighted by molar-refractivity contribution is 0.0985. The number of hydrogen-bond donors (Lipinski definition) is 3. The number of aromatic nitrogens is 4. The molecular weight excluding hydrogens is 466 g/mol. The van der Waals surface area contributed by atoms with Crippen molar-refractivity contribution in [3.63, 3.8) is 0 Å². The summed E-state index contributed by atoms with van der Waals surface area (Å²) in [6.45, 7) is 4.77. The lowest BCUT2D eigenvalue weighted by Crippen LogP contribution is -2.44. The number of nitrogens with one attached hydrogen (secondary N) is 2. The molecule has 3 N–H and O–H groups in total. The number of carbonyl (C=O) groups is 1. The first kappa shape index (κ1) is 25.0. The molecule has 0 aliphatic carbocycles. The summed E-state index contributed by atoms with van der Waals surface area (Å²) in [6, 6.07) is 9.45. The molecule has 10 nitrogen and oxygen atoms in total. The average Bonchev–Trinajstić information content (AvgIpc) is 3.28. The van der Waals surface area contributed by atoms with Gasteiger partial charge in [0.2, 0.25) is 0 Å². The van der Waals surface area contributed by atoms with Gasteiger partial charge in [0, 0.05) is 60.7 Å². The van der Waals surface area contributed by atoms with E-state index in [1.807, 2.05) is 43.6 Å². The van der Waals surface area contributed by atoms with Gasteiger partial charge in [0.15, 0.2) is 5.82 Å². The minimum atomic E-state index is -0.288. The molecule has 1 aliphatic rings. The number of anilines is 2. The fraction of sp³-hybridized carbons (Fsp3) is 0.417. The van der Waals surface area contributed by atoms with Crippen LogP contribution in [-0.4, -0.2) is 69.0 Å². The standard InChI is InChI=1S/C24H31N7O3S/c1-17-15-34-9-7-31(17)22-11-21(16-35-10-8-32)27-23(29-22)19-3-5-20(6-4-19)28-24(33)25-12-18-13-26-30(2)14-18/h3-6,11,13-14,17,32H,7-10,12,15-16H2,1-2H3,(H2,25,28,33)/t17-/m0/s1. The number of aryl methyl sites for hydroxylation is 1. The van der Waals surface area contributed by atoms with Gasteiger partial charge in [-0.25, -0.2) is 14.8 Å². The number of ether oxygens (including phenoxy) is 1. The predicted molar refractivity (Wildman–Crippen MR) is 137 cm³/mol. The van der Waals surface area contributed by atoms with Crippen molar-refractivity contribution in [3.05, 3.63) is 54.0 Å². The van der Waals surface area contributed by atoms with Gasteiger partial charge >= 0.3 is 6.03 Å². The number of carbonyl (C=O) groups excluding carboxylic acids is 1. The summed E-state index contributed by atoms with van der Waals surface area (Å²) in [5, 5.41) is 18.9. The topological polar surface area (TPSA) is 117 Å². The van der Waals surface area contributed by atoms with Crippen LogP contribution in [0.2, 0.25) is 0 Å². The van der Waals surface area contributed by atoms with Crippen molar-refractivity contribution in [2.75, 3.05) is 42.3 Å². The molecule has 3 aromatic rings. The third kappa shape index (κ3) is 6.93. The molecule has 1 atom stereocenters. The van der Waals surface area contributed by atoms with E-state index in [0.717, 1.165) is 29.2 Å². The van der Waals surface area contributed by atoms with Crippen molar-refractivity contribution in [3.8, 4) is 11.4 Å². The highest BCUT2D eigenvalue weighted by Crippen LogP contribution is 2.25. The van der Waals surface area contributed by atoms with E-state index in [1.54, 1.807) is 22.6 Å². The number of benzene rings is 1. The quantitative estimate of drug-likeness (QED) is 0.386. The van der Waals surface area contributed by atoms with Crippen molar-refractivity contribution in [2.24, 2.45) is 7.05 Å². The molecule has 1 fully saturated rings. The Morgan fingerprint density at radius 1 is 1.29 bits per heavy atom. The monoisotopic (exact) mass is 497 g/mol. The zero-order chi connectivity index (χ0) is 24.6. The van der Waals surface area contributed by atoms with Crippen LogP contribution < -0.4 is 15.5 Å². The Morgan fingerprint density at radius 2 is 2.11 bits per heavy atom. The number of amides is 2. The molecule has 35 heavy (non-hydrogen) atoms. The van der Waals surface area contributed by atoms with Crippen LogP contribution in [0.25, 0.3) is 11.4 Å². The first-order valence-corrected chi connectivity index (χ1v) is 12.7. The molecule has 1 aliphatic heterocycles. The number of thioether (sulfide) groups is 1. The van der Waals surface area contributed by atoms with Crippen LogP contribution in [0, 0.1) is 0 Å². The Kier molecular flexibility index (Phi) is 8.56. The van der Waals surface area contributed by atoms with Crippen molar-refractivity contribution >= 4 is 29.3 Å². The van der Waals surface area contributed by atoms with Crippen molar-refractivity contribution in [2.45, 2.75) is 25.3 Å². The zero-order valence-electron chi connectivity index (χ0n) is 20.0. The third-order valence-electron chi connectivity index (χ3n) is 5.53. The fourth-order valence-corrected chi connectivity index (χ4v) is 4.40. The van der Waals surface area contributed by atoms with E-state index < -0.39 is 0 Å². The van der Waals surface area contributed by atoms with Gasteiger partial charge in [0.05, 0.1) is 37.8 Å². The van der Waals surface area contributed by atoms with Crippen LogP contribution in [-0.2, 0) is 24.1 Å². The highest BCUT2D eigenvalue weighted by molar-refractivity contribution is 7.98. The molecule has 0 unspecified atom stereocenters. The SMILES string of the molecule is C[C@H]1COCCN1c1cc(CSCCO)nc(-c2ccc(NC(=O)NCc3cnn(C)c3)cc2)n1. The largest absolute Gasteiger partial charge is 0.396 e. The molecule has 0 saturated carbocycles. The second-order valence-corrected chi connectivity index (χ2v) is 9.45. The van der Waals surface area contributed by atoms with Crippen molar-refractivity contribution in [1.29, 1.82) is 0 Å². The first-order chi connectivity index (χ1) is 17.0. The molecule has 1 saturated heterocycles. The van der Waals surface area contributed by atoms with E-state index in [1.165, 1.54) is 0 Å². The Labute approximate surface area is 209 Å². The van der Waals surface area contributed by atoms with Crippen LogP contribution in [0.3, 0.4) is 0 Å². The molecular formula is C24H31N7O3S. The lowest BCUT2D eigenvalue weighted by Gasteiger charge is -2.34. The van der Waals surface area contributed by atoms with Gasteiger partial charge in [0.25, 0.3) is 0 Å². The predicted octanol–water partition coefficient (Wildman–Crippen LogP) is 2.65. The number of nitrogens with zero attached hydrogens (tertiary/aromatic N) is 5. The Balaban J connectivity index is 1.46. The highest BCUT2D eigenvalue weighted by atomic mass is 32.2. The summed E-state index contributed by atoms with van der Waals surface area (Å²) in [5.74, 6) is 2.86. The van der Waals surface area contributed by atoms with Gasteiger partial charge in [-0.3, -0.25) is 4.68 Å². The molecule has 0 radical (unpaired) electrons. The van der Waals surface area contributed by atoms with Gasteiger partial charge in [-0.15, -0.1) is 0 Å². The number of hydrogen-bond acceptors (Lipinski definition) is 8. The number of morpholine rings is 1. The van der Waals surface area contributed by atoms with Crippen LogP contribution in [0.5, 0.6) is 0 Å². The molecule has 0 bridgehead atoms. The Hall–Kier alpha value is -3.15. The lowest BCUT2D eigenvalue weighted by atomic mass is 10.2. The molecule has 3 heterocycles. The normalized spacial score (nSPS) is 15.7. The van der Waals surface area contributed by atoms with Crippen molar-refractivity contribution in [1.82, 2.24) is 25.1 Å². The van der Waals surface area contributed by atoms with E-state index in [4.69, 9.17) is 19.8 Å². The first-order valence-electron chi connectivity index (χ1n) is 11.6. The zero-order valence-corrected chi connectivity index (χ0v) is 20.8. The molecule has 4 rings (SSSR count). The van der Waals surface area contributed by atoms with Gasteiger partial charge in [0.1, 0.15) is 5.82 Å². The molecule has 2 aromatic heterocycles. The fourth-order valence-electron chi connectivity index (χ4n) is 3.77. The van der Waals surface area contributed by atoms with Crippen LogP contribution in [0.15, 0.2) is 42.7 Å². The number of rotatable bonds is 9. The minimum Gasteiger partial charge on any atom is -0.396 e.